The molecule has 1 heterocycles. The fourth-order valence-electron chi connectivity index (χ4n) is 2.13. The largest absolute Gasteiger partial charge is 0.481 e. The lowest BCUT2D eigenvalue weighted by Gasteiger charge is -2.41. The second kappa shape index (κ2) is 3.86. The van der Waals surface area contributed by atoms with Crippen LogP contribution in [-0.2, 0) is 16.9 Å². The minimum atomic E-state index is -1.05. The first-order valence-corrected chi connectivity index (χ1v) is 5.41. The molecule has 0 unspecified atom stereocenters. The number of carbonyl (C=O) groups is 1. The minimum absolute atomic E-state index is 0.249. The number of hydrogen-bond acceptors (Lipinski definition) is 4. The Balaban J connectivity index is 2.13. The van der Waals surface area contributed by atoms with Crippen LogP contribution in [-0.4, -0.2) is 31.2 Å². The number of aromatic nitrogens is 3. The Hall–Kier alpha value is -1.43. The lowest BCUT2D eigenvalue weighted by Crippen LogP contribution is -2.45. The molecule has 88 valence electrons. The maximum Gasteiger partial charge on any atom is 0.306 e. The number of hydrogen-bond donors (Lipinski definition) is 2. The van der Waals surface area contributed by atoms with Crippen molar-refractivity contribution in [2.24, 2.45) is 5.92 Å². The van der Waals surface area contributed by atoms with Gasteiger partial charge in [0.25, 0.3) is 0 Å². The maximum atomic E-state index is 10.7. The van der Waals surface area contributed by atoms with Crippen molar-refractivity contribution in [3.05, 3.63) is 11.9 Å². The van der Waals surface area contributed by atoms with Gasteiger partial charge in [-0.25, -0.2) is 4.68 Å². The summed E-state index contributed by atoms with van der Waals surface area (Å²) in [4.78, 5) is 10.7. The first kappa shape index (κ1) is 11.1. The monoisotopic (exact) mass is 225 g/mol. The molecule has 0 radical (unpaired) electrons. The first-order valence-electron chi connectivity index (χ1n) is 5.41. The van der Waals surface area contributed by atoms with Gasteiger partial charge in [0, 0.05) is 6.54 Å². The highest BCUT2D eigenvalue weighted by Crippen LogP contribution is 2.45. The Morgan fingerprint density at radius 1 is 1.69 bits per heavy atom. The molecule has 2 rings (SSSR count). The van der Waals surface area contributed by atoms with Crippen LogP contribution in [0.4, 0.5) is 0 Å². The summed E-state index contributed by atoms with van der Waals surface area (Å²) in [5.74, 6) is -1.30. The van der Waals surface area contributed by atoms with Crippen LogP contribution in [0, 0.1) is 5.92 Å². The molecular weight excluding hydrogens is 210 g/mol. The van der Waals surface area contributed by atoms with Gasteiger partial charge >= 0.3 is 5.97 Å². The molecule has 6 nitrogen and oxygen atoms in total. The first-order chi connectivity index (χ1) is 7.57. The third-order valence-corrected chi connectivity index (χ3v) is 3.05. The summed E-state index contributed by atoms with van der Waals surface area (Å²) in [6.45, 7) is 2.70. The van der Waals surface area contributed by atoms with Crippen molar-refractivity contribution >= 4 is 5.97 Å². The molecule has 1 saturated carbocycles. The van der Waals surface area contributed by atoms with Crippen LogP contribution < -0.4 is 0 Å². The van der Waals surface area contributed by atoms with Crippen molar-refractivity contribution in [2.75, 3.05) is 0 Å². The van der Waals surface area contributed by atoms with Crippen LogP contribution in [0.5, 0.6) is 0 Å². The molecule has 0 amide bonds. The van der Waals surface area contributed by atoms with Crippen LogP contribution in [0.2, 0.25) is 0 Å². The van der Waals surface area contributed by atoms with Crippen molar-refractivity contribution < 1.29 is 15.0 Å². The van der Waals surface area contributed by atoms with Crippen molar-refractivity contribution in [1.82, 2.24) is 15.0 Å². The second-order valence-electron chi connectivity index (χ2n) is 4.32. The van der Waals surface area contributed by atoms with E-state index in [0.29, 0.717) is 12.2 Å². The van der Waals surface area contributed by atoms with Crippen LogP contribution in [0.15, 0.2) is 6.20 Å². The van der Waals surface area contributed by atoms with Gasteiger partial charge < -0.3 is 10.2 Å². The number of carboxylic acid groups (broad SMARTS) is 1. The Morgan fingerprint density at radius 2 is 2.38 bits per heavy atom. The number of carboxylic acids is 1. The summed E-state index contributed by atoms with van der Waals surface area (Å²) in [6, 6.07) is 0. The van der Waals surface area contributed by atoms with Crippen LogP contribution in [0.3, 0.4) is 0 Å². The maximum absolute atomic E-state index is 10.7. The Labute approximate surface area is 92.9 Å². The topological polar surface area (TPSA) is 88.2 Å². The molecule has 0 bridgehead atoms. The highest BCUT2D eigenvalue weighted by Gasteiger charge is 2.49. The van der Waals surface area contributed by atoms with E-state index in [-0.39, 0.29) is 12.8 Å². The second-order valence-corrected chi connectivity index (χ2v) is 4.32. The third kappa shape index (κ3) is 1.69. The fraction of sp³-hybridized carbons (Fsp3) is 0.700. The predicted molar refractivity (Wildman–Crippen MR) is 54.6 cm³/mol. The van der Waals surface area contributed by atoms with Crippen LogP contribution in [0.1, 0.15) is 31.9 Å². The molecule has 16 heavy (non-hydrogen) atoms. The summed E-state index contributed by atoms with van der Waals surface area (Å²) >= 11 is 0. The average molecular weight is 225 g/mol. The predicted octanol–water partition coefficient (Wildman–Crippen LogP) is 0.370. The standard InChI is InChI=1S/C10H15N3O3/c1-2-3-13-8(6-11-12-13)10(16)4-7(5-10)9(14)15/h6-7,16H,2-5H2,1H3,(H,14,15). The molecular formula is C10H15N3O3. The van der Waals surface area contributed by atoms with E-state index in [1.54, 1.807) is 4.68 Å². The smallest absolute Gasteiger partial charge is 0.306 e. The summed E-state index contributed by atoms with van der Waals surface area (Å²) in [6.07, 6.45) is 2.92. The third-order valence-electron chi connectivity index (χ3n) is 3.05. The quantitative estimate of drug-likeness (QED) is 0.772. The van der Waals surface area contributed by atoms with Gasteiger partial charge in [-0.05, 0) is 19.3 Å². The molecule has 1 aromatic rings. The summed E-state index contributed by atoms with van der Waals surface area (Å²) < 4.78 is 1.65. The van der Waals surface area contributed by atoms with Crippen molar-refractivity contribution in [3.8, 4) is 0 Å². The van der Waals surface area contributed by atoms with E-state index in [9.17, 15) is 9.90 Å². The number of nitrogens with zero attached hydrogens (tertiary/aromatic N) is 3. The van der Waals surface area contributed by atoms with Gasteiger partial charge in [0.2, 0.25) is 0 Å². The lowest BCUT2D eigenvalue weighted by molar-refractivity contribution is -0.160. The molecule has 6 heteroatoms. The van der Waals surface area contributed by atoms with E-state index in [0.717, 1.165) is 6.42 Å². The zero-order valence-corrected chi connectivity index (χ0v) is 9.13. The minimum Gasteiger partial charge on any atom is -0.481 e. The van der Waals surface area contributed by atoms with E-state index >= 15 is 0 Å². The van der Waals surface area contributed by atoms with Crippen LogP contribution >= 0.6 is 0 Å². The summed E-state index contributed by atoms with van der Waals surface area (Å²) in [7, 11) is 0. The average Bonchev–Trinajstić information content (AvgIpc) is 2.62. The van der Waals surface area contributed by atoms with E-state index < -0.39 is 17.5 Å². The van der Waals surface area contributed by atoms with Gasteiger partial charge in [-0.3, -0.25) is 4.79 Å². The van der Waals surface area contributed by atoms with Crippen molar-refractivity contribution in [3.63, 3.8) is 0 Å². The zero-order chi connectivity index (χ0) is 11.8. The normalized spacial score (nSPS) is 28.8. The van der Waals surface area contributed by atoms with E-state index in [4.69, 9.17) is 5.11 Å². The SMILES string of the molecule is CCCn1nncc1C1(O)CC(C(=O)O)C1. The number of aryl methyl sites for hydroxylation is 1. The Morgan fingerprint density at radius 3 is 2.94 bits per heavy atom. The molecule has 0 aliphatic heterocycles. The van der Waals surface area contributed by atoms with Gasteiger partial charge in [0.1, 0.15) is 5.60 Å². The molecule has 1 aliphatic carbocycles. The summed E-state index contributed by atoms with van der Waals surface area (Å²) in [5.41, 5.74) is -0.422. The molecule has 1 aliphatic rings. The van der Waals surface area contributed by atoms with Gasteiger partial charge in [0.05, 0.1) is 17.8 Å². The molecule has 0 aromatic carbocycles. The van der Waals surface area contributed by atoms with Crippen molar-refractivity contribution in [2.45, 2.75) is 38.3 Å². The Bertz CT molecular complexity index is 396. The molecule has 0 atom stereocenters. The van der Waals surface area contributed by atoms with Crippen molar-refractivity contribution in [1.29, 1.82) is 0 Å². The molecule has 1 fully saturated rings. The van der Waals surface area contributed by atoms with Gasteiger partial charge in [-0.2, -0.15) is 0 Å². The van der Waals surface area contributed by atoms with Gasteiger partial charge in [-0.1, -0.05) is 12.1 Å². The fourth-order valence-corrected chi connectivity index (χ4v) is 2.13. The number of aliphatic hydroxyl groups is 1. The summed E-state index contributed by atoms with van der Waals surface area (Å²) in [5, 5.41) is 26.7. The highest BCUT2D eigenvalue weighted by atomic mass is 16.4. The van der Waals surface area contributed by atoms with E-state index in [1.165, 1.54) is 6.20 Å². The number of aliphatic carboxylic acids is 1. The van der Waals surface area contributed by atoms with Gasteiger partial charge in [-0.15, -0.1) is 5.10 Å². The highest BCUT2D eigenvalue weighted by molar-refractivity contribution is 5.71. The van der Waals surface area contributed by atoms with E-state index in [2.05, 4.69) is 10.3 Å². The number of rotatable bonds is 4. The Kier molecular flexibility index (Phi) is 2.67. The zero-order valence-electron chi connectivity index (χ0n) is 9.13. The van der Waals surface area contributed by atoms with Gasteiger partial charge in [0.15, 0.2) is 0 Å². The molecule has 1 aromatic heterocycles. The lowest BCUT2D eigenvalue weighted by atomic mass is 9.69. The molecule has 2 N–H and O–H groups in total. The van der Waals surface area contributed by atoms with E-state index in [1.807, 2.05) is 6.92 Å². The molecule has 0 saturated heterocycles. The van der Waals surface area contributed by atoms with Crippen LogP contribution in [0.25, 0.3) is 0 Å². The molecule has 0 spiro atoms.